The number of aromatic nitrogens is 1. The van der Waals surface area contributed by atoms with E-state index in [4.69, 9.17) is 16.7 Å². The second kappa shape index (κ2) is 6.70. The van der Waals surface area contributed by atoms with Crippen LogP contribution in [0.5, 0.6) is 0 Å². The minimum Gasteiger partial charge on any atom is -0.395 e. The number of rotatable bonds is 6. The molecule has 1 N–H and O–H groups in total. The van der Waals surface area contributed by atoms with Gasteiger partial charge in [0.15, 0.2) is 0 Å². The van der Waals surface area contributed by atoms with Crippen LogP contribution in [-0.2, 0) is 10.0 Å². The summed E-state index contributed by atoms with van der Waals surface area (Å²) >= 11 is 6.07. The molecule has 0 bridgehead atoms. The van der Waals surface area contributed by atoms with Gasteiger partial charge in [-0.25, -0.2) is 8.42 Å². The first-order valence-electron chi connectivity index (χ1n) is 6.66. The number of benzene rings is 1. The van der Waals surface area contributed by atoms with Crippen molar-refractivity contribution in [1.82, 2.24) is 9.29 Å². The van der Waals surface area contributed by atoms with Crippen LogP contribution in [0.15, 0.2) is 35.4 Å². The molecule has 0 atom stereocenters. The van der Waals surface area contributed by atoms with Crippen LogP contribution in [0.25, 0.3) is 10.9 Å². The number of aliphatic hydroxyl groups is 1. The molecule has 0 saturated carbocycles. The lowest BCUT2D eigenvalue weighted by atomic mass is 10.2. The van der Waals surface area contributed by atoms with Gasteiger partial charge < -0.3 is 5.11 Å². The Morgan fingerprint density at radius 2 is 2.05 bits per heavy atom. The molecule has 21 heavy (non-hydrogen) atoms. The highest BCUT2D eigenvalue weighted by atomic mass is 35.5. The van der Waals surface area contributed by atoms with Gasteiger partial charge in [0.25, 0.3) is 0 Å². The Labute approximate surface area is 129 Å². The van der Waals surface area contributed by atoms with Gasteiger partial charge >= 0.3 is 0 Å². The van der Waals surface area contributed by atoms with Crippen LogP contribution in [0.3, 0.4) is 0 Å². The molecule has 1 aromatic carbocycles. The first kappa shape index (κ1) is 16.2. The van der Waals surface area contributed by atoms with E-state index in [0.29, 0.717) is 28.9 Å². The van der Waals surface area contributed by atoms with Crippen molar-refractivity contribution in [3.63, 3.8) is 0 Å². The van der Waals surface area contributed by atoms with Crippen molar-refractivity contribution >= 4 is 32.5 Å². The summed E-state index contributed by atoms with van der Waals surface area (Å²) < 4.78 is 26.8. The summed E-state index contributed by atoms with van der Waals surface area (Å²) in [7, 11) is -3.69. The predicted octanol–water partition coefficient (Wildman–Crippen LogP) is 2.28. The fraction of sp³-hybridized carbons (Fsp3) is 0.357. The largest absolute Gasteiger partial charge is 0.395 e. The van der Waals surface area contributed by atoms with Gasteiger partial charge in [0.05, 0.1) is 22.0 Å². The van der Waals surface area contributed by atoms with Gasteiger partial charge in [0.1, 0.15) is 0 Å². The Hall–Kier alpha value is -1.21. The third kappa shape index (κ3) is 3.18. The number of halogens is 1. The lowest BCUT2D eigenvalue weighted by molar-refractivity contribution is 0.253. The third-order valence-corrected chi connectivity index (χ3v) is 5.38. The Bertz CT molecular complexity index is 728. The molecule has 5 nitrogen and oxygen atoms in total. The zero-order valence-corrected chi connectivity index (χ0v) is 13.2. The molecule has 0 radical (unpaired) electrons. The van der Waals surface area contributed by atoms with E-state index in [1.807, 2.05) is 6.92 Å². The monoisotopic (exact) mass is 328 g/mol. The third-order valence-electron chi connectivity index (χ3n) is 3.12. The number of aliphatic hydroxyl groups excluding tert-OH is 1. The van der Waals surface area contributed by atoms with E-state index in [1.165, 1.54) is 16.4 Å². The van der Waals surface area contributed by atoms with Crippen molar-refractivity contribution in [3.8, 4) is 0 Å². The summed E-state index contributed by atoms with van der Waals surface area (Å²) in [5, 5.41) is 9.99. The normalized spacial score (nSPS) is 12.2. The summed E-state index contributed by atoms with van der Waals surface area (Å²) in [6, 6.07) is 6.38. The minimum atomic E-state index is -3.69. The molecule has 0 aliphatic rings. The number of nitrogens with zero attached hydrogens (tertiary/aromatic N) is 2. The van der Waals surface area contributed by atoms with Crippen LogP contribution in [0.4, 0.5) is 0 Å². The standard InChI is InChI=1S/C14H17ClN2O3S/c1-2-8-17(9-10-18)21(19,20)13-6-5-12(15)14-11(13)4-3-7-16-14/h3-7,18H,2,8-10H2,1H3. The highest BCUT2D eigenvalue weighted by Crippen LogP contribution is 2.29. The van der Waals surface area contributed by atoms with Crippen LogP contribution in [-0.4, -0.2) is 42.5 Å². The number of fused-ring (bicyclic) bond motifs is 1. The van der Waals surface area contributed by atoms with Gasteiger partial charge in [-0.2, -0.15) is 4.31 Å². The van der Waals surface area contributed by atoms with Crippen molar-refractivity contribution in [3.05, 3.63) is 35.5 Å². The first-order chi connectivity index (χ1) is 10.0. The summed E-state index contributed by atoms with van der Waals surface area (Å²) in [4.78, 5) is 4.31. The van der Waals surface area contributed by atoms with E-state index in [1.54, 1.807) is 18.3 Å². The summed E-state index contributed by atoms with van der Waals surface area (Å²) in [6.07, 6.45) is 2.24. The smallest absolute Gasteiger partial charge is 0.243 e. The van der Waals surface area contributed by atoms with E-state index < -0.39 is 10.0 Å². The average Bonchev–Trinajstić information content (AvgIpc) is 2.47. The van der Waals surface area contributed by atoms with E-state index >= 15 is 0 Å². The summed E-state index contributed by atoms with van der Waals surface area (Å²) in [6.45, 7) is 2.10. The van der Waals surface area contributed by atoms with Gasteiger partial charge in [0, 0.05) is 24.7 Å². The molecule has 1 aromatic heterocycles. The van der Waals surface area contributed by atoms with Crippen molar-refractivity contribution in [2.75, 3.05) is 19.7 Å². The molecule has 0 amide bonds. The molecule has 0 fully saturated rings. The fourth-order valence-electron chi connectivity index (χ4n) is 2.19. The minimum absolute atomic E-state index is 0.0700. The van der Waals surface area contributed by atoms with Crippen molar-refractivity contribution in [2.45, 2.75) is 18.2 Å². The molecule has 0 spiro atoms. The van der Waals surface area contributed by atoms with Crippen LogP contribution in [0, 0.1) is 0 Å². The Morgan fingerprint density at radius 3 is 2.71 bits per heavy atom. The number of pyridine rings is 1. The molecule has 114 valence electrons. The zero-order chi connectivity index (χ0) is 15.5. The average molecular weight is 329 g/mol. The molecular weight excluding hydrogens is 312 g/mol. The molecule has 2 aromatic rings. The molecular formula is C14H17ClN2O3S. The summed E-state index contributed by atoms with van der Waals surface area (Å²) in [5.74, 6) is 0. The summed E-state index contributed by atoms with van der Waals surface area (Å²) in [5.41, 5.74) is 0.459. The van der Waals surface area contributed by atoms with Crippen molar-refractivity contribution < 1.29 is 13.5 Å². The zero-order valence-electron chi connectivity index (χ0n) is 11.7. The fourth-order valence-corrected chi connectivity index (χ4v) is 4.11. The van der Waals surface area contributed by atoms with E-state index in [9.17, 15) is 8.42 Å². The molecule has 7 heteroatoms. The topological polar surface area (TPSA) is 70.5 Å². The van der Waals surface area contributed by atoms with Gasteiger partial charge in [-0.3, -0.25) is 4.98 Å². The maximum Gasteiger partial charge on any atom is 0.243 e. The van der Waals surface area contributed by atoms with Gasteiger partial charge in [0.2, 0.25) is 10.0 Å². The lowest BCUT2D eigenvalue weighted by Crippen LogP contribution is -2.34. The molecule has 0 aliphatic carbocycles. The number of sulfonamides is 1. The predicted molar refractivity (Wildman–Crippen MR) is 82.9 cm³/mol. The molecule has 0 saturated heterocycles. The Morgan fingerprint density at radius 1 is 1.29 bits per heavy atom. The Balaban J connectivity index is 2.62. The maximum atomic E-state index is 12.8. The second-order valence-electron chi connectivity index (χ2n) is 4.57. The van der Waals surface area contributed by atoms with E-state index in [2.05, 4.69) is 4.98 Å². The van der Waals surface area contributed by atoms with E-state index in [-0.39, 0.29) is 18.0 Å². The van der Waals surface area contributed by atoms with Crippen molar-refractivity contribution in [2.24, 2.45) is 0 Å². The maximum absolute atomic E-state index is 12.8. The lowest BCUT2D eigenvalue weighted by Gasteiger charge is -2.21. The number of hydrogen-bond acceptors (Lipinski definition) is 4. The second-order valence-corrected chi connectivity index (χ2v) is 6.89. The van der Waals surface area contributed by atoms with Gasteiger partial charge in [-0.05, 0) is 30.7 Å². The van der Waals surface area contributed by atoms with Crippen molar-refractivity contribution in [1.29, 1.82) is 0 Å². The van der Waals surface area contributed by atoms with E-state index in [0.717, 1.165) is 0 Å². The van der Waals surface area contributed by atoms with Crippen LogP contribution in [0.1, 0.15) is 13.3 Å². The van der Waals surface area contributed by atoms with Crippen LogP contribution < -0.4 is 0 Å². The highest BCUT2D eigenvalue weighted by Gasteiger charge is 2.25. The van der Waals surface area contributed by atoms with Gasteiger partial charge in [-0.15, -0.1) is 0 Å². The Kier molecular flexibility index (Phi) is 5.16. The first-order valence-corrected chi connectivity index (χ1v) is 8.48. The molecule has 0 unspecified atom stereocenters. The molecule has 2 rings (SSSR count). The SMILES string of the molecule is CCCN(CCO)S(=O)(=O)c1ccc(Cl)c2ncccc12. The molecule has 0 aliphatic heterocycles. The molecule has 1 heterocycles. The highest BCUT2D eigenvalue weighted by molar-refractivity contribution is 7.89. The quantitative estimate of drug-likeness (QED) is 0.883. The number of hydrogen-bond donors (Lipinski definition) is 1. The van der Waals surface area contributed by atoms with Crippen LogP contribution in [0.2, 0.25) is 5.02 Å². The van der Waals surface area contributed by atoms with Gasteiger partial charge in [-0.1, -0.05) is 18.5 Å². The van der Waals surface area contributed by atoms with Crippen LogP contribution >= 0.6 is 11.6 Å².